The van der Waals surface area contributed by atoms with Gasteiger partial charge in [0.05, 0.1) is 23.5 Å². The number of anilines is 4. The fourth-order valence-electron chi connectivity index (χ4n) is 9.59. The van der Waals surface area contributed by atoms with E-state index in [1.807, 2.05) is 37.5 Å². The van der Waals surface area contributed by atoms with E-state index in [1.165, 1.54) is 36.8 Å². The van der Waals surface area contributed by atoms with Crippen LogP contribution in [0.5, 0.6) is 0 Å². The second-order valence-electron chi connectivity index (χ2n) is 16.3. The minimum atomic E-state index is -0.396. The van der Waals surface area contributed by atoms with Gasteiger partial charge in [0.1, 0.15) is 0 Å². The first-order valence-corrected chi connectivity index (χ1v) is 20.8. The van der Waals surface area contributed by atoms with E-state index in [4.69, 9.17) is 21.7 Å². The molecule has 4 N–H and O–H groups in total. The molecule has 1 aliphatic carbocycles. The number of hydrogen-bond acceptors (Lipinski definition) is 10. The Kier molecular flexibility index (Phi) is 10.3. The van der Waals surface area contributed by atoms with Crippen LogP contribution in [0.15, 0.2) is 67.0 Å². The van der Waals surface area contributed by atoms with Crippen molar-refractivity contribution in [1.82, 2.24) is 35.1 Å². The Labute approximate surface area is 342 Å². The average molecular weight is 801 g/mol. The van der Waals surface area contributed by atoms with E-state index in [2.05, 4.69) is 66.4 Å². The monoisotopic (exact) mass is 800 g/mol. The quantitative estimate of drug-likeness (QED) is 0.119. The van der Waals surface area contributed by atoms with Crippen molar-refractivity contribution in [3.8, 4) is 11.3 Å². The highest BCUT2D eigenvalue weighted by molar-refractivity contribution is 6.31. The van der Waals surface area contributed by atoms with Crippen LogP contribution in [0.1, 0.15) is 84.5 Å². The lowest BCUT2D eigenvalue weighted by Crippen LogP contribution is -2.43. The van der Waals surface area contributed by atoms with Crippen molar-refractivity contribution >= 4 is 57.8 Å². The van der Waals surface area contributed by atoms with Crippen LogP contribution in [0, 0.1) is 5.41 Å². The van der Waals surface area contributed by atoms with Crippen LogP contribution in [0.2, 0.25) is 5.02 Å². The summed E-state index contributed by atoms with van der Waals surface area (Å²) in [5.41, 5.74) is 9.61. The van der Waals surface area contributed by atoms with Crippen molar-refractivity contribution in [3.05, 3.63) is 94.4 Å². The maximum absolute atomic E-state index is 12.6. The van der Waals surface area contributed by atoms with Crippen molar-refractivity contribution < 1.29 is 14.4 Å². The molecule has 2 aromatic carbocycles. The number of fused-ring (bicyclic) bond motifs is 2. The second kappa shape index (κ2) is 15.7. The number of halogens is 1. The highest BCUT2D eigenvalue weighted by atomic mass is 35.5. The first kappa shape index (κ1) is 38.0. The van der Waals surface area contributed by atoms with Crippen LogP contribution >= 0.6 is 11.6 Å². The van der Waals surface area contributed by atoms with Gasteiger partial charge in [-0.3, -0.25) is 29.6 Å². The Morgan fingerprint density at radius 3 is 2.50 bits per heavy atom. The summed E-state index contributed by atoms with van der Waals surface area (Å²) in [4.78, 5) is 51.0. The summed E-state index contributed by atoms with van der Waals surface area (Å²) >= 11 is 6.52. The van der Waals surface area contributed by atoms with Gasteiger partial charge >= 0.3 is 0 Å². The molecule has 13 nitrogen and oxygen atoms in total. The molecule has 1 atom stereocenters. The molecule has 1 spiro atoms. The Bertz CT molecular complexity index is 2380. The number of hydrogen-bond donors (Lipinski definition) is 4. The molecule has 300 valence electrons. The molecule has 3 aromatic heterocycles. The summed E-state index contributed by atoms with van der Waals surface area (Å²) in [6.45, 7) is 3.84. The number of benzene rings is 2. The smallest absolute Gasteiger partial charge is 0.271 e. The van der Waals surface area contributed by atoms with E-state index < -0.39 is 5.92 Å². The second-order valence-corrected chi connectivity index (χ2v) is 16.7. The lowest BCUT2D eigenvalue weighted by Gasteiger charge is -2.46. The number of likely N-dealkylation sites (tertiary alicyclic amines) is 1. The molecule has 6 heterocycles. The fourth-order valence-corrected chi connectivity index (χ4v) is 9.84. The van der Waals surface area contributed by atoms with Gasteiger partial charge in [0.2, 0.25) is 11.8 Å². The zero-order valence-corrected chi connectivity index (χ0v) is 33.7. The van der Waals surface area contributed by atoms with Crippen LogP contribution in [0.3, 0.4) is 0 Å². The number of carbonyl (C=O) groups is 3. The van der Waals surface area contributed by atoms with E-state index in [9.17, 15) is 14.4 Å². The average Bonchev–Trinajstić information content (AvgIpc) is 3.88. The van der Waals surface area contributed by atoms with Gasteiger partial charge in [0.25, 0.3) is 5.91 Å². The topological polar surface area (TPSA) is 149 Å². The number of carbonyl (C=O) groups excluding carboxylic acids is 3. The van der Waals surface area contributed by atoms with Gasteiger partial charge in [0, 0.05) is 73.9 Å². The number of nitrogens with one attached hydrogen (secondary N) is 4. The number of pyridine rings is 1. The van der Waals surface area contributed by atoms with Crippen LogP contribution < -0.4 is 26.2 Å². The normalized spacial score (nSPS) is 19.6. The van der Waals surface area contributed by atoms with E-state index >= 15 is 0 Å². The molecule has 0 radical (unpaired) electrons. The fraction of sp³-hybridized carbons (Fsp3) is 0.409. The molecule has 58 heavy (non-hydrogen) atoms. The van der Waals surface area contributed by atoms with Crippen LogP contribution in [-0.2, 0) is 22.6 Å². The molecule has 3 amide bonds. The number of amides is 3. The first-order valence-electron chi connectivity index (χ1n) is 20.5. The van der Waals surface area contributed by atoms with E-state index in [0.717, 1.165) is 85.1 Å². The molecule has 3 fully saturated rings. The Balaban J connectivity index is 0.803. The van der Waals surface area contributed by atoms with Crippen molar-refractivity contribution in [2.24, 2.45) is 5.41 Å². The number of nitrogens with zero attached hydrogens (tertiary/aromatic N) is 6. The summed E-state index contributed by atoms with van der Waals surface area (Å²) in [7, 11) is 3.45. The third kappa shape index (κ3) is 7.26. The van der Waals surface area contributed by atoms with Crippen LogP contribution in [0.4, 0.5) is 22.9 Å². The van der Waals surface area contributed by atoms with E-state index in [-0.39, 0.29) is 17.7 Å². The predicted molar refractivity (Wildman–Crippen MR) is 226 cm³/mol. The highest BCUT2D eigenvalue weighted by Gasteiger charge is 2.38. The molecular formula is C44H49ClN10O3. The van der Waals surface area contributed by atoms with Crippen molar-refractivity contribution in [2.75, 3.05) is 49.3 Å². The van der Waals surface area contributed by atoms with Gasteiger partial charge in [-0.1, -0.05) is 29.8 Å². The lowest BCUT2D eigenvalue weighted by molar-refractivity contribution is -0.134. The molecule has 9 rings (SSSR count). The molecular weight excluding hydrogens is 752 g/mol. The number of aromatic nitrogens is 4. The summed E-state index contributed by atoms with van der Waals surface area (Å²) in [5.74, 6) is -0.374. The Morgan fingerprint density at radius 1 is 0.931 bits per heavy atom. The highest BCUT2D eigenvalue weighted by Crippen LogP contribution is 2.46. The maximum Gasteiger partial charge on any atom is 0.271 e. The van der Waals surface area contributed by atoms with Crippen molar-refractivity contribution in [2.45, 2.75) is 76.3 Å². The molecule has 5 aromatic rings. The minimum Gasteiger partial charge on any atom is -0.385 e. The maximum atomic E-state index is 12.6. The molecule has 1 saturated carbocycles. The predicted octanol–water partition coefficient (Wildman–Crippen LogP) is 6.70. The number of imide groups is 1. The molecule has 14 heteroatoms. The minimum absolute atomic E-state index is 0.218. The van der Waals surface area contributed by atoms with Gasteiger partial charge in [-0.05, 0) is 117 Å². The third-order valence-corrected chi connectivity index (χ3v) is 13.3. The molecule has 4 aliphatic rings. The molecule has 0 bridgehead atoms. The summed E-state index contributed by atoms with van der Waals surface area (Å²) in [6.07, 6.45) is 12.4. The van der Waals surface area contributed by atoms with Gasteiger partial charge in [-0.25, -0.2) is 9.50 Å². The standard InChI is InChI=1S/C44H49ClN10O3/c1-46-36-23-39(52-55-38(43(58)47-2)25-49-41(36)55)54-19-14-31-30(4-3-5-37(31)54)35-10-6-27(24-48-35)26-53-20-17-44(18-21-53)15-12-28(13-16-44)50-29-7-9-34(45)33(22-29)32-8-11-40(56)51-42(32)57/h3-7,9-10,22-25,28,32,46,50H,8,11-21,26H2,1-2H3,(H,47,58)(H,51,56,57). The van der Waals surface area contributed by atoms with Gasteiger partial charge in [-0.15, -0.1) is 5.10 Å². The number of rotatable bonds is 9. The van der Waals surface area contributed by atoms with Gasteiger partial charge in [-0.2, -0.15) is 0 Å². The third-order valence-electron chi connectivity index (χ3n) is 12.9. The summed E-state index contributed by atoms with van der Waals surface area (Å²) in [5, 5.41) is 17.5. The van der Waals surface area contributed by atoms with Crippen LogP contribution in [0.25, 0.3) is 16.9 Å². The van der Waals surface area contributed by atoms with Gasteiger partial charge < -0.3 is 20.9 Å². The summed E-state index contributed by atoms with van der Waals surface area (Å²) < 4.78 is 1.61. The Hall–Kier alpha value is -5.53. The first-order chi connectivity index (χ1) is 28.2. The number of imidazole rings is 1. The summed E-state index contributed by atoms with van der Waals surface area (Å²) in [6, 6.07) is 19.0. The van der Waals surface area contributed by atoms with E-state index in [0.29, 0.717) is 40.7 Å². The SMILES string of the molecule is CNC(=O)c1cnc2c(NC)cc(N3CCc4c(-c5ccc(CN6CCC7(CCC(Nc8ccc(Cl)c(C9CCC(=O)NC9=O)c8)CC7)CC6)cn5)cccc43)nn12. The lowest BCUT2D eigenvalue weighted by atomic mass is 9.67. The van der Waals surface area contributed by atoms with Crippen LogP contribution in [-0.4, -0.2) is 82.0 Å². The molecule has 2 saturated heterocycles. The molecule has 1 unspecified atom stereocenters. The zero-order chi connectivity index (χ0) is 40.0. The largest absolute Gasteiger partial charge is 0.385 e. The van der Waals surface area contributed by atoms with Crippen molar-refractivity contribution in [3.63, 3.8) is 0 Å². The van der Waals surface area contributed by atoms with Crippen molar-refractivity contribution in [1.29, 1.82) is 0 Å². The Morgan fingerprint density at radius 2 is 1.76 bits per heavy atom. The van der Waals surface area contributed by atoms with Gasteiger partial charge in [0.15, 0.2) is 17.2 Å². The number of piperidine rings is 2. The zero-order valence-electron chi connectivity index (χ0n) is 33.0. The van der Waals surface area contributed by atoms with E-state index in [1.54, 1.807) is 17.8 Å². The molecule has 3 aliphatic heterocycles.